The minimum atomic E-state index is -0.439. The van der Waals surface area contributed by atoms with Crippen LogP contribution < -0.4 is 0 Å². The molecule has 2 heterocycles. The summed E-state index contributed by atoms with van der Waals surface area (Å²) in [6.07, 6.45) is 2.58. The maximum absolute atomic E-state index is 12.7. The van der Waals surface area contributed by atoms with Crippen molar-refractivity contribution in [2.24, 2.45) is 0 Å². The first-order valence-corrected chi connectivity index (χ1v) is 8.43. The number of hydrogen-bond acceptors (Lipinski definition) is 5. The van der Waals surface area contributed by atoms with Gasteiger partial charge in [0.1, 0.15) is 0 Å². The van der Waals surface area contributed by atoms with Gasteiger partial charge in [0.15, 0.2) is 0 Å². The van der Waals surface area contributed by atoms with E-state index in [4.69, 9.17) is 4.74 Å². The molecule has 0 spiro atoms. The Balaban J connectivity index is 1.61. The number of benzene rings is 1. The average molecular weight is 333 g/mol. The van der Waals surface area contributed by atoms with Crippen LogP contribution in [-0.4, -0.2) is 66.1 Å². The van der Waals surface area contributed by atoms with Crippen molar-refractivity contribution in [2.45, 2.75) is 25.9 Å². The summed E-state index contributed by atoms with van der Waals surface area (Å²) in [4.78, 5) is 27.4. The summed E-state index contributed by atoms with van der Waals surface area (Å²) in [5.74, 6) is -0.118. The third-order valence-corrected chi connectivity index (χ3v) is 4.88. The fraction of sp³-hybridized carbons (Fsp3) is 0.588. The Labute approximate surface area is 141 Å². The Morgan fingerprint density at radius 3 is 2.71 bits per heavy atom. The van der Waals surface area contributed by atoms with Crippen molar-refractivity contribution in [3.63, 3.8) is 0 Å². The SMILES string of the molecule is Cc1c(C(=O)N2CCN(CC3CCCO3)CC2)cccc1[N+](=O)[O-]. The van der Waals surface area contributed by atoms with Crippen molar-refractivity contribution in [3.05, 3.63) is 39.4 Å². The van der Waals surface area contributed by atoms with Crippen molar-refractivity contribution in [1.29, 1.82) is 0 Å². The van der Waals surface area contributed by atoms with Gasteiger partial charge in [-0.15, -0.1) is 0 Å². The van der Waals surface area contributed by atoms with Gasteiger partial charge in [0.25, 0.3) is 11.6 Å². The van der Waals surface area contributed by atoms with Crippen molar-refractivity contribution in [3.8, 4) is 0 Å². The molecule has 2 saturated heterocycles. The van der Waals surface area contributed by atoms with Gasteiger partial charge in [-0.25, -0.2) is 0 Å². The monoisotopic (exact) mass is 333 g/mol. The predicted molar refractivity (Wildman–Crippen MR) is 89.2 cm³/mol. The zero-order valence-corrected chi connectivity index (χ0v) is 13.9. The predicted octanol–water partition coefficient (Wildman–Crippen LogP) is 1.84. The molecule has 0 bridgehead atoms. The second-order valence-electron chi connectivity index (χ2n) is 6.43. The normalized spacial score (nSPS) is 21.9. The van der Waals surface area contributed by atoms with Gasteiger partial charge in [-0.2, -0.15) is 0 Å². The first-order chi connectivity index (χ1) is 11.6. The highest BCUT2D eigenvalue weighted by Gasteiger charge is 2.27. The zero-order valence-electron chi connectivity index (χ0n) is 13.9. The minimum absolute atomic E-state index is 0.00197. The second kappa shape index (κ2) is 7.27. The van der Waals surface area contributed by atoms with E-state index in [1.165, 1.54) is 6.07 Å². The van der Waals surface area contributed by atoms with Gasteiger partial charge in [-0.3, -0.25) is 19.8 Å². The van der Waals surface area contributed by atoms with Gasteiger partial charge in [0, 0.05) is 56.5 Å². The van der Waals surface area contributed by atoms with E-state index in [0.717, 1.165) is 39.1 Å². The Hall–Kier alpha value is -1.99. The molecule has 0 aliphatic carbocycles. The van der Waals surface area contributed by atoms with Crippen LogP contribution in [0.1, 0.15) is 28.8 Å². The Morgan fingerprint density at radius 1 is 1.33 bits per heavy atom. The van der Waals surface area contributed by atoms with Crippen LogP contribution in [0.5, 0.6) is 0 Å². The van der Waals surface area contributed by atoms with Gasteiger partial charge < -0.3 is 9.64 Å². The van der Waals surface area contributed by atoms with E-state index in [1.54, 1.807) is 24.0 Å². The third-order valence-electron chi connectivity index (χ3n) is 4.88. The van der Waals surface area contributed by atoms with E-state index >= 15 is 0 Å². The Morgan fingerprint density at radius 2 is 2.08 bits per heavy atom. The summed E-state index contributed by atoms with van der Waals surface area (Å²) in [6, 6.07) is 4.68. The zero-order chi connectivity index (χ0) is 17.1. The fourth-order valence-corrected chi connectivity index (χ4v) is 3.43. The summed E-state index contributed by atoms with van der Waals surface area (Å²) < 4.78 is 5.66. The highest BCUT2D eigenvalue weighted by atomic mass is 16.6. The van der Waals surface area contributed by atoms with Crippen LogP contribution in [0.15, 0.2) is 18.2 Å². The number of nitro groups is 1. The number of carbonyl (C=O) groups excluding carboxylic acids is 1. The van der Waals surface area contributed by atoms with Crippen LogP contribution in [0.4, 0.5) is 5.69 Å². The number of piperazine rings is 1. The van der Waals surface area contributed by atoms with Crippen LogP contribution in [0.2, 0.25) is 0 Å². The lowest BCUT2D eigenvalue weighted by Crippen LogP contribution is -2.50. The summed E-state index contributed by atoms with van der Waals surface area (Å²) in [6.45, 7) is 6.35. The number of nitrogens with zero attached hydrogens (tertiary/aromatic N) is 3. The molecule has 24 heavy (non-hydrogen) atoms. The molecule has 0 radical (unpaired) electrons. The molecule has 3 rings (SSSR count). The number of hydrogen-bond donors (Lipinski definition) is 0. The van der Waals surface area contributed by atoms with Crippen molar-refractivity contribution in [2.75, 3.05) is 39.3 Å². The fourth-order valence-electron chi connectivity index (χ4n) is 3.43. The van der Waals surface area contributed by atoms with Crippen LogP contribution >= 0.6 is 0 Å². The number of ether oxygens (including phenoxy) is 1. The molecular formula is C17H23N3O4. The van der Waals surface area contributed by atoms with Crippen LogP contribution in [-0.2, 0) is 4.74 Å². The molecule has 1 aromatic rings. The minimum Gasteiger partial charge on any atom is -0.377 e. The maximum atomic E-state index is 12.7. The molecule has 7 heteroatoms. The second-order valence-corrected chi connectivity index (χ2v) is 6.43. The molecule has 1 amide bonds. The van der Waals surface area contributed by atoms with Gasteiger partial charge >= 0.3 is 0 Å². The molecule has 0 N–H and O–H groups in total. The summed E-state index contributed by atoms with van der Waals surface area (Å²) >= 11 is 0. The molecule has 1 aromatic carbocycles. The van der Waals surface area contributed by atoms with E-state index in [-0.39, 0.29) is 11.6 Å². The van der Waals surface area contributed by atoms with Crippen LogP contribution in [0.25, 0.3) is 0 Å². The summed E-state index contributed by atoms with van der Waals surface area (Å²) in [5, 5.41) is 11.0. The molecule has 130 valence electrons. The summed E-state index contributed by atoms with van der Waals surface area (Å²) in [5.41, 5.74) is 0.865. The Bertz CT molecular complexity index is 620. The maximum Gasteiger partial charge on any atom is 0.273 e. The number of nitro benzene ring substituents is 1. The topological polar surface area (TPSA) is 75.9 Å². The molecule has 0 aromatic heterocycles. The van der Waals surface area contributed by atoms with Crippen LogP contribution in [0, 0.1) is 17.0 Å². The van der Waals surface area contributed by atoms with E-state index in [2.05, 4.69) is 4.90 Å². The highest BCUT2D eigenvalue weighted by molar-refractivity contribution is 5.96. The molecule has 2 fully saturated rings. The lowest BCUT2D eigenvalue weighted by molar-refractivity contribution is -0.385. The number of carbonyl (C=O) groups is 1. The number of rotatable bonds is 4. The van der Waals surface area contributed by atoms with Gasteiger partial charge in [0.05, 0.1) is 11.0 Å². The molecule has 2 aliphatic heterocycles. The first-order valence-electron chi connectivity index (χ1n) is 8.43. The van der Waals surface area contributed by atoms with Crippen molar-refractivity contribution in [1.82, 2.24) is 9.80 Å². The Kier molecular flexibility index (Phi) is 5.11. The smallest absolute Gasteiger partial charge is 0.273 e. The molecule has 7 nitrogen and oxygen atoms in total. The van der Waals surface area contributed by atoms with Gasteiger partial charge in [0.2, 0.25) is 0 Å². The van der Waals surface area contributed by atoms with Crippen molar-refractivity contribution < 1.29 is 14.5 Å². The van der Waals surface area contributed by atoms with E-state index in [0.29, 0.717) is 30.3 Å². The molecule has 0 saturated carbocycles. The average Bonchev–Trinajstić information content (AvgIpc) is 3.08. The molecule has 1 unspecified atom stereocenters. The van der Waals surface area contributed by atoms with E-state index in [9.17, 15) is 14.9 Å². The largest absolute Gasteiger partial charge is 0.377 e. The lowest BCUT2D eigenvalue weighted by atomic mass is 10.1. The number of amides is 1. The lowest BCUT2D eigenvalue weighted by Gasteiger charge is -2.35. The van der Waals surface area contributed by atoms with E-state index in [1.807, 2.05) is 0 Å². The van der Waals surface area contributed by atoms with E-state index < -0.39 is 4.92 Å². The quantitative estimate of drug-likeness (QED) is 0.621. The first kappa shape index (κ1) is 16.9. The van der Waals surface area contributed by atoms with Gasteiger partial charge in [-0.05, 0) is 25.8 Å². The van der Waals surface area contributed by atoms with Crippen LogP contribution in [0.3, 0.4) is 0 Å². The third kappa shape index (κ3) is 3.57. The van der Waals surface area contributed by atoms with Crippen molar-refractivity contribution >= 4 is 11.6 Å². The van der Waals surface area contributed by atoms with Gasteiger partial charge in [-0.1, -0.05) is 6.07 Å². The highest BCUT2D eigenvalue weighted by Crippen LogP contribution is 2.23. The molecule has 2 aliphatic rings. The molecule has 1 atom stereocenters. The molecular weight excluding hydrogens is 310 g/mol. The summed E-state index contributed by atoms with van der Waals surface area (Å²) in [7, 11) is 0. The standard InChI is InChI=1S/C17H23N3O4/c1-13-15(5-2-6-16(13)20(22)23)17(21)19-9-7-18(8-10-19)12-14-4-3-11-24-14/h2,5-6,14H,3-4,7-12H2,1H3.